The van der Waals surface area contributed by atoms with Gasteiger partial charge >= 0.3 is 0 Å². The molecule has 1 aliphatic heterocycles. The van der Waals surface area contributed by atoms with Crippen molar-refractivity contribution < 1.29 is 9.53 Å². The third kappa shape index (κ3) is 2.42. The fourth-order valence-corrected chi connectivity index (χ4v) is 1.65. The molecule has 1 rings (SSSR count). The van der Waals surface area contributed by atoms with Gasteiger partial charge in [-0.25, -0.2) is 0 Å². The van der Waals surface area contributed by atoms with E-state index in [2.05, 4.69) is 5.32 Å². The molecule has 0 bridgehead atoms. The summed E-state index contributed by atoms with van der Waals surface area (Å²) in [6.45, 7) is 5.40. The van der Waals surface area contributed by atoms with Gasteiger partial charge in [-0.05, 0) is 20.3 Å². The predicted molar refractivity (Wildman–Crippen MR) is 50.3 cm³/mol. The summed E-state index contributed by atoms with van der Waals surface area (Å²) in [7, 11) is 1.68. The minimum Gasteiger partial charge on any atom is -0.385 e. The lowest BCUT2D eigenvalue weighted by Crippen LogP contribution is -2.35. The summed E-state index contributed by atoms with van der Waals surface area (Å²) in [4.78, 5) is 13.4. The first-order valence-electron chi connectivity index (χ1n) is 4.72. The Kier molecular flexibility index (Phi) is 3.69. The van der Waals surface area contributed by atoms with E-state index in [-0.39, 0.29) is 18.1 Å². The van der Waals surface area contributed by atoms with Gasteiger partial charge in [-0.1, -0.05) is 0 Å². The van der Waals surface area contributed by atoms with E-state index < -0.39 is 0 Å². The zero-order chi connectivity index (χ0) is 9.84. The van der Waals surface area contributed by atoms with Gasteiger partial charge in [-0.15, -0.1) is 0 Å². The summed E-state index contributed by atoms with van der Waals surface area (Å²) >= 11 is 0. The second-order valence-corrected chi connectivity index (χ2v) is 3.44. The molecule has 0 aromatic rings. The molecule has 13 heavy (non-hydrogen) atoms. The number of nitrogens with one attached hydrogen (secondary N) is 1. The van der Waals surface area contributed by atoms with Crippen LogP contribution in [0.3, 0.4) is 0 Å². The van der Waals surface area contributed by atoms with Crippen molar-refractivity contribution in [1.82, 2.24) is 10.2 Å². The van der Waals surface area contributed by atoms with Gasteiger partial charge in [0.1, 0.15) is 0 Å². The lowest BCUT2D eigenvalue weighted by Gasteiger charge is -2.20. The molecule has 0 aliphatic carbocycles. The maximum Gasteiger partial charge on any atom is 0.240 e. The molecule has 2 atom stereocenters. The number of hydrogen-bond acceptors (Lipinski definition) is 3. The summed E-state index contributed by atoms with van der Waals surface area (Å²) in [6, 6.07) is -0.0301. The van der Waals surface area contributed by atoms with Crippen LogP contribution in [0.4, 0.5) is 0 Å². The molecule has 4 heteroatoms. The smallest absolute Gasteiger partial charge is 0.240 e. The third-order valence-electron chi connectivity index (χ3n) is 2.36. The van der Waals surface area contributed by atoms with Crippen LogP contribution in [0.15, 0.2) is 0 Å². The molecule has 1 heterocycles. The Balaban J connectivity index is 2.35. The van der Waals surface area contributed by atoms with Gasteiger partial charge in [0, 0.05) is 20.3 Å². The lowest BCUT2D eigenvalue weighted by atomic mass is 10.3. The highest BCUT2D eigenvalue weighted by atomic mass is 16.5. The first-order chi connectivity index (χ1) is 6.16. The van der Waals surface area contributed by atoms with E-state index in [0.29, 0.717) is 6.61 Å². The average molecular weight is 186 g/mol. The molecule has 0 aromatic carbocycles. The van der Waals surface area contributed by atoms with E-state index in [4.69, 9.17) is 4.74 Å². The van der Waals surface area contributed by atoms with Crippen molar-refractivity contribution in [1.29, 1.82) is 0 Å². The molecule has 4 nitrogen and oxygen atoms in total. The number of nitrogens with zero attached hydrogens (tertiary/aromatic N) is 1. The van der Waals surface area contributed by atoms with E-state index in [1.165, 1.54) is 0 Å². The van der Waals surface area contributed by atoms with Crippen LogP contribution in [-0.2, 0) is 9.53 Å². The fraction of sp³-hybridized carbons (Fsp3) is 0.889. The molecule has 0 spiro atoms. The summed E-state index contributed by atoms with van der Waals surface area (Å²) in [5.41, 5.74) is 0. The first-order valence-corrected chi connectivity index (χ1v) is 4.72. The van der Waals surface area contributed by atoms with Crippen LogP contribution in [0.5, 0.6) is 0 Å². The zero-order valence-electron chi connectivity index (χ0n) is 8.54. The second-order valence-electron chi connectivity index (χ2n) is 3.44. The van der Waals surface area contributed by atoms with Crippen molar-refractivity contribution in [3.63, 3.8) is 0 Å². The molecule has 1 fully saturated rings. The van der Waals surface area contributed by atoms with Crippen LogP contribution in [0.25, 0.3) is 0 Å². The van der Waals surface area contributed by atoms with Crippen LogP contribution in [0, 0.1) is 0 Å². The van der Waals surface area contributed by atoms with Gasteiger partial charge in [0.25, 0.3) is 0 Å². The Morgan fingerprint density at radius 1 is 1.54 bits per heavy atom. The molecule has 2 unspecified atom stereocenters. The largest absolute Gasteiger partial charge is 0.385 e. The van der Waals surface area contributed by atoms with E-state index in [0.717, 1.165) is 13.0 Å². The Labute approximate surface area is 79.2 Å². The summed E-state index contributed by atoms with van der Waals surface area (Å²) in [6.07, 6.45) is 1.07. The van der Waals surface area contributed by atoms with Gasteiger partial charge in [0.2, 0.25) is 5.91 Å². The molecule has 0 radical (unpaired) electrons. The molecular weight excluding hydrogens is 168 g/mol. The van der Waals surface area contributed by atoms with Crippen LogP contribution < -0.4 is 5.32 Å². The molecule has 1 N–H and O–H groups in total. The van der Waals surface area contributed by atoms with E-state index in [1.807, 2.05) is 18.7 Å². The summed E-state index contributed by atoms with van der Waals surface area (Å²) in [5.74, 6) is 0.198. The van der Waals surface area contributed by atoms with Crippen LogP contribution in [0.2, 0.25) is 0 Å². The van der Waals surface area contributed by atoms with Gasteiger partial charge in [-0.2, -0.15) is 0 Å². The number of amides is 1. The summed E-state index contributed by atoms with van der Waals surface area (Å²) < 4.78 is 4.94. The highest BCUT2D eigenvalue weighted by molar-refractivity contribution is 5.83. The lowest BCUT2D eigenvalue weighted by molar-refractivity contribution is -0.129. The van der Waals surface area contributed by atoms with Gasteiger partial charge in [0.05, 0.1) is 12.2 Å². The van der Waals surface area contributed by atoms with Crippen molar-refractivity contribution in [2.45, 2.75) is 32.5 Å². The number of ether oxygens (including phenoxy) is 1. The number of methoxy groups -OCH3 is 1. The highest BCUT2D eigenvalue weighted by Gasteiger charge is 2.32. The molecule has 76 valence electrons. The molecule has 1 aliphatic rings. The fourth-order valence-electron chi connectivity index (χ4n) is 1.65. The Morgan fingerprint density at radius 3 is 2.69 bits per heavy atom. The number of carbonyl (C=O) groups is 1. The number of carbonyl (C=O) groups excluding carboxylic acids is 1. The van der Waals surface area contributed by atoms with Crippen molar-refractivity contribution in [3.05, 3.63) is 0 Å². The van der Waals surface area contributed by atoms with Gasteiger partial charge < -0.3 is 9.64 Å². The van der Waals surface area contributed by atoms with Crippen LogP contribution >= 0.6 is 0 Å². The monoisotopic (exact) mass is 186 g/mol. The Morgan fingerprint density at radius 2 is 2.23 bits per heavy atom. The SMILES string of the molecule is COCCCN1C(=O)C(C)NC1C. The second kappa shape index (κ2) is 4.58. The van der Waals surface area contributed by atoms with Gasteiger partial charge in [-0.3, -0.25) is 10.1 Å². The normalized spacial score (nSPS) is 28.5. The summed E-state index contributed by atoms with van der Waals surface area (Å²) in [5, 5.41) is 3.18. The maximum atomic E-state index is 11.5. The molecule has 1 amide bonds. The predicted octanol–water partition coefficient (Wildman–Crippen LogP) is 0.189. The molecule has 0 aromatic heterocycles. The molecular formula is C9H18N2O2. The van der Waals surface area contributed by atoms with Gasteiger partial charge in [0.15, 0.2) is 0 Å². The maximum absolute atomic E-state index is 11.5. The minimum absolute atomic E-state index is 0.0301. The Bertz CT molecular complexity index is 184. The Hall–Kier alpha value is -0.610. The molecule has 1 saturated heterocycles. The van der Waals surface area contributed by atoms with E-state index in [1.54, 1.807) is 7.11 Å². The third-order valence-corrected chi connectivity index (χ3v) is 2.36. The zero-order valence-corrected chi connectivity index (χ0v) is 8.54. The highest BCUT2D eigenvalue weighted by Crippen LogP contribution is 2.10. The first kappa shape index (κ1) is 10.5. The topological polar surface area (TPSA) is 41.6 Å². The van der Waals surface area contributed by atoms with E-state index in [9.17, 15) is 4.79 Å². The molecule has 0 saturated carbocycles. The van der Waals surface area contributed by atoms with Crippen molar-refractivity contribution in [2.75, 3.05) is 20.3 Å². The van der Waals surface area contributed by atoms with Crippen molar-refractivity contribution in [2.24, 2.45) is 0 Å². The minimum atomic E-state index is -0.0301. The van der Waals surface area contributed by atoms with Crippen LogP contribution in [0.1, 0.15) is 20.3 Å². The number of hydrogen-bond donors (Lipinski definition) is 1. The van der Waals surface area contributed by atoms with Crippen LogP contribution in [-0.4, -0.2) is 43.3 Å². The standard InChI is InChI=1S/C9H18N2O2/c1-7-9(12)11(8(2)10-7)5-4-6-13-3/h7-8,10H,4-6H2,1-3H3. The van der Waals surface area contributed by atoms with E-state index >= 15 is 0 Å². The number of rotatable bonds is 4. The quantitative estimate of drug-likeness (QED) is 0.637. The van der Waals surface area contributed by atoms with Crippen molar-refractivity contribution in [3.8, 4) is 0 Å². The van der Waals surface area contributed by atoms with Crippen molar-refractivity contribution >= 4 is 5.91 Å². The average Bonchev–Trinajstić information content (AvgIpc) is 2.32.